The Morgan fingerprint density at radius 2 is 2.08 bits per heavy atom. The summed E-state index contributed by atoms with van der Waals surface area (Å²) in [7, 11) is 0. The van der Waals surface area contributed by atoms with Gasteiger partial charge in [0.25, 0.3) is 0 Å². The van der Waals surface area contributed by atoms with Gasteiger partial charge in [-0.25, -0.2) is 0 Å². The SMILES string of the molecule is CC(C(=O)F)/C1=C/CC/C=C\CC1. The first-order valence-electron chi connectivity index (χ1n) is 4.75. The van der Waals surface area contributed by atoms with Gasteiger partial charge in [-0.1, -0.05) is 23.8 Å². The summed E-state index contributed by atoms with van der Waals surface area (Å²) in [6.07, 6.45) is 9.89. The molecule has 2 heteroatoms. The minimum absolute atomic E-state index is 0.536. The summed E-state index contributed by atoms with van der Waals surface area (Å²) in [4.78, 5) is 10.5. The summed E-state index contributed by atoms with van der Waals surface area (Å²) in [6.45, 7) is 1.64. The van der Waals surface area contributed by atoms with Gasteiger partial charge in [-0.05, 0) is 32.6 Å². The molecule has 0 saturated carbocycles. The van der Waals surface area contributed by atoms with Crippen LogP contribution in [-0.2, 0) is 4.79 Å². The van der Waals surface area contributed by atoms with Gasteiger partial charge < -0.3 is 0 Å². The fourth-order valence-electron chi connectivity index (χ4n) is 1.49. The number of carbonyl (C=O) groups is 1. The molecule has 0 aromatic rings. The quantitative estimate of drug-likeness (QED) is 0.473. The van der Waals surface area contributed by atoms with Crippen LogP contribution in [0.5, 0.6) is 0 Å². The lowest BCUT2D eigenvalue weighted by Crippen LogP contribution is -2.08. The fourth-order valence-corrected chi connectivity index (χ4v) is 1.49. The van der Waals surface area contributed by atoms with Crippen LogP contribution in [0.1, 0.15) is 32.6 Å². The van der Waals surface area contributed by atoms with Gasteiger partial charge in [0.05, 0.1) is 5.92 Å². The summed E-state index contributed by atoms with van der Waals surface area (Å²) < 4.78 is 12.4. The minimum atomic E-state index is -1.21. The van der Waals surface area contributed by atoms with Crippen LogP contribution in [0.4, 0.5) is 4.39 Å². The molecule has 0 fully saturated rings. The van der Waals surface area contributed by atoms with E-state index in [4.69, 9.17) is 0 Å². The molecule has 0 radical (unpaired) electrons. The highest BCUT2D eigenvalue weighted by Crippen LogP contribution is 2.21. The van der Waals surface area contributed by atoms with Crippen LogP contribution in [0.25, 0.3) is 0 Å². The van der Waals surface area contributed by atoms with E-state index in [1.807, 2.05) is 6.08 Å². The van der Waals surface area contributed by atoms with Crippen LogP contribution in [-0.4, -0.2) is 6.04 Å². The maximum atomic E-state index is 12.4. The van der Waals surface area contributed by atoms with Crippen LogP contribution >= 0.6 is 0 Å². The second kappa shape index (κ2) is 4.95. The summed E-state index contributed by atoms with van der Waals surface area (Å²) in [5.41, 5.74) is 0.955. The standard InChI is InChI=1S/C11H15FO/c1-9(11(12)13)10-7-5-3-2-4-6-8-10/h2-3,8-9H,4-7H2,1H3/b3-2-,10-8+. The summed E-state index contributed by atoms with van der Waals surface area (Å²) in [5, 5.41) is 0. The molecule has 0 spiro atoms. The highest BCUT2D eigenvalue weighted by atomic mass is 19.1. The van der Waals surface area contributed by atoms with Gasteiger partial charge in [-0.15, -0.1) is 0 Å². The Bertz CT molecular complexity index is 240. The predicted octanol–water partition coefficient (Wildman–Crippen LogP) is 3.18. The smallest absolute Gasteiger partial charge is 0.261 e. The van der Waals surface area contributed by atoms with Gasteiger partial charge in [0, 0.05) is 0 Å². The number of rotatable bonds is 2. The van der Waals surface area contributed by atoms with Crippen molar-refractivity contribution in [2.45, 2.75) is 32.6 Å². The van der Waals surface area contributed by atoms with E-state index < -0.39 is 12.0 Å². The van der Waals surface area contributed by atoms with E-state index in [2.05, 4.69) is 12.2 Å². The minimum Gasteiger partial charge on any atom is -0.261 e. The Balaban J connectivity index is 2.61. The normalized spacial score (nSPS) is 26.5. The van der Waals surface area contributed by atoms with Crippen molar-refractivity contribution in [2.24, 2.45) is 5.92 Å². The van der Waals surface area contributed by atoms with Crippen LogP contribution in [0.3, 0.4) is 0 Å². The maximum absolute atomic E-state index is 12.4. The summed E-state index contributed by atoms with van der Waals surface area (Å²) >= 11 is 0. The van der Waals surface area contributed by atoms with Crippen molar-refractivity contribution in [3.63, 3.8) is 0 Å². The van der Waals surface area contributed by atoms with E-state index in [9.17, 15) is 9.18 Å². The zero-order valence-corrected chi connectivity index (χ0v) is 7.92. The first kappa shape index (κ1) is 10.2. The van der Waals surface area contributed by atoms with Gasteiger partial charge in [0.1, 0.15) is 0 Å². The lowest BCUT2D eigenvalue weighted by molar-refractivity contribution is -0.131. The highest BCUT2D eigenvalue weighted by Gasteiger charge is 2.16. The molecule has 1 aliphatic carbocycles. The number of hydrogen-bond acceptors (Lipinski definition) is 1. The van der Waals surface area contributed by atoms with Crippen LogP contribution in [0, 0.1) is 5.92 Å². The molecule has 0 heterocycles. The van der Waals surface area contributed by atoms with Gasteiger partial charge in [0.15, 0.2) is 0 Å². The predicted molar refractivity (Wildman–Crippen MR) is 51.0 cm³/mol. The van der Waals surface area contributed by atoms with Gasteiger partial charge in [-0.2, -0.15) is 4.39 Å². The largest absolute Gasteiger partial charge is 0.308 e. The van der Waals surface area contributed by atoms with Crippen LogP contribution in [0.2, 0.25) is 0 Å². The molecule has 1 rings (SSSR count). The first-order valence-corrected chi connectivity index (χ1v) is 4.75. The summed E-state index contributed by atoms with van der Waals surface area (Å²) in [6, 6.07) is -1.21. The third-order valence-electron chi connectivity index (χ3n) is 2.40. The maximum Gasteiger partial charge on any atom is 0.308 e. The Hall–Kier alpha value is -0.920. The Kier molecular flexibility index (Phi) is 3.87. The molecule has 0 bridgehead atoms. The van der Waals surface area contributed by atoms with Crippen LogP contribution in [0.15, 0.2) is 23.8 Å². The van der Waals surface area contributed by atoms with E-state index in [0.717, 1.165) is 31.3 Å². The molecule has 1 aliphatic rings. The molecule has 0 amide bonds. The lowest BCUT2D eigenvalue weighted by Gasteiger charge is -2.11. The van der Waals surface area contributed by atoms with Crippen molar-refractivity contribution >= 4 is 6.04 Å². The van der Waals surface area contributed by atoms with Crippen molar-refractivity contribution in [1.82, 2.24) is 0 Å². The molecule has 1 nitrogen and oxygen atoms in total. The van der Waals surface area contributed by atoms with Crippen molar-refractivity contribution in [2.75, 3.05) is 0 Å². The molecule has 0 aromatic heterocycles. The first-order chi connectivity index (χ1) is 6.22. The molecule has 1 atom stereocenters. The molecule has 0 N–H and O–H groups in total. The molecular weight excluding hydrogens is 167 g/mol. The van der Waals surface area contributed by atoms with Crippen molar-refractivity contribution < 1.29 is 9.18 Å². The molecule has 72 valence electrons. The van der Waals surface area contributed by atoms with E-state index >= 15 is 0 Å². The monoisotopic (exact) mass is 182 g/mol. The average Bonchev–Trinajstić information content (AvgIpc) is 2.02. The lowest BCUT2D eigenvalue weighted by atomic mass is 9.94. The molecular formula is C11H15FO. The third kappa shape index (κ3) is 3.13. The zero-order chi connectivity index (χ0) is 9.68. The Morgan fingerprint density at radius 1 is 1.38 bits per heavy atom. The Labute approximate surface area is 78.3 Å². The number of halogens is 1. The second-order valence-corrected chi connectivity index (χ2v) is 3.39. The molecule has 0 aromatic carbocycles. The van der Waals surface area contributed by atoms with Gasteiger partial charge in [0.2, 0.25) is 0 Å². The zero-order valence-electron chi connectivity index (χ0n) is 7.92. The van der Waals surface area contributed by atoms with Gasteiger partial charge in [-0.3, -0.25) is 4.79 Å². The average molecular weight is 182 g/mol. The molecule has 13 heavy (non-hydrogen) atoms. The van der Waals surface area contributed by atoms with Crippen molar-refractivity contribution in [3.05, 3.63) is 23.8 Å². The van der Waals surface area contributed by atoms with Crippen LogP contribution < -0.4 is 0 Å². The van der Waals surface area contributed by atoms with E-state index in [1.165, 1.54) is 0 Å². The summed E-state index contributed by atoms with van der Waals surface area (Å²) in [5.74, 6) is -0.536. The van der Waals surface area contributed by atoms with Crippen molar-refractivity contribution in [3.8, 4) is 0 Å². The second-order valence-electron chi connectivity index (χ2n) is 3.39. The molecule has 0 aliphatic heterocycles. The van der Waals surface area contributed by atoms with E-state index in [-0.39, 0.29) is 0 Å². The van der Waals surface area contributed by atoms with Crippen molar-refractivity contribution in [1.29, 1.82) is 0 Å². The molecule has 1 unspecified atom stereocenters. The Morgan fingerprint density at radius 3 is 2.77 bits per heavy atom. The topological polar surface area (TPSA) is 17.1 Å². The molecule has 0 saturated heterocycles. The van der Waals surface area contributed by atoms with Gasteiger partial charge >= 0.3 is 6.04 Å². The fraction of sp³-hybridized carbons (Fsp3) is 0.545. The number of hydrogen-bond donors (Lipinski definition) is 0. The number of carbonyl (C=O) groups excluding carboxylic acids is 1. The third-order valence-corrected chi connectivity index (χ3v) is 2.40. The van der Waals surface area contributed by atoms with E-state index in [0.29, 0.717) is 0 Å². The van der Waals surface area contributed by atoms with E-state index in [1.54, 1.807) is 6.92 Å². The number of allylic oxidation sites excluding steroid dienone is 4. The highest BCUT2D eigenvalue weighted by molar-refractivity contribution is 5.74.